The first-order valence-electron chi connectivity index (χ1n) is 9.49. The van der Waals surface area contributed by atoms with Gasteiger partial charge >= 0.3 is 0 Å². The number of ether oxygens (including phenoxy) is 2. The van der Waals surface area contributed by atoms with Gasteiger partial charge in [-0.3, -0.25) is 9.80 Å². The number of amides is 1. The number of benzene rings is 2. The van der Waals surface area contributed by atoms with Gasteiger partial charge in [-0.1, -0.05) is 18.2 Å². The van der Waals surface area contributed by atoms with Gasteiger partial charge in [0.05, 0.1) is 20.4 Å². The van der Waals surface area contributed by atoms with E-state index in [2.05, 4.69) is 5.10 Å². The van der Waals surface area contributed by atoms with Crippen molar-refractivity contribution >= 4 is 17.8 Å². The molecule has 0 saturated carbocycles. The van der Waals surface area contributed by atoms with Gasteiger partial charge in [0.1, 0.15) is 6.04 Å². The van der Waals surface area contributed by atoms with Gasteiger partial charge in [0.25, 0.3) is 5.91 Å². The number of hydrogen-bond donors (Lipinski definition) is 0. The molecule has 1 aliphatic heterocycles. The molecule has 0 bridgehead atoms. The van der Waals surface area contributed by atoms with Crippen LogP contribution in [0, 0.1) is 0 Å². The van der Waals surface area contributed by atoms with Gasteiger partial charge in [0, 0.05) is 19.3 Å². The third kappa shape index (κ3) is 4.44. The molecular weight excluding hydrogens is 354 g/mol. The summed E-state index contributed by atoms with van der Waals surface area (Å²) >= 11 is 0. The Morgan fingerprint density at radius 3 is 2.57 bits per heavy atom. The Morgan fingerprint density at radius 1 is 1.11 bits per heavy atom. The first-order chi connectivity index (χ1) is 13.6. The Bertz CT molecular complexity index is 823. The van der Waals surface area contributed by atoms with Crippen LogP contribution in [0.5, 0.6) is 11.5 Å². The molecule has 28 heavy (non-hydrogen) atoms. The molecule has 1 heterocycles. The number of anilines is 1. The van der Waals surface area contributed by atoms with Crippen molar-refractivity contribution < 1.29 is 14.3 Å². The molecule has 1 fully saturated rings. The normalized spacial score (nSPS) is 16.8. The molecule has 0 aromatic heterocycles. The van der Waals surface area contributed by atoms with Crippen molar-refractivity contribution in [3.63, 3.8) is 0 Å². The predicted octanol–water partition coefficient (Wildman–Crippen LogP) is 3.56. The largest absolute Gasteiger partial charge is 0.493 e. The maximum Gasteiger partial charge on any atom is 0.251 e. The van der Waals surface area contributed by atoms with E-state index >= 15 is 0 Å². The molecule has 1 atom stereocenters. The van der Waals surface area contributed by atoms with Crippen molar-refractivity contribution in [3.05, 3.63) is 54.1 Å². The minimum atomic E-state index is -0.254. The molecule has 1 aliphatic rings. The lowest BCUT2D eigenvalue weighted by molar-refractivity contribution is -0.124. The molecule has 3 rings (SSSR count). The number of likely N-dealkylation sites (N-methyl/N-ethyl adjacent to an activating group) is 1. The van der Waals surface area contributed by atoms with Crippen LogP contribution in [0.15, 0.2) is 53.6 Å². The fourth-order valence-corrected chi connectivity index (χ4v) is 3.38. The van der Waals surface area contributed by atoms with Crippen LogP contribution in [0.4, 0.5) is 5.69 Å². The Labute approximate surface area is 166 Å². The van der Waals surface area contributed by atoms with E-state index in [-0.39, 0.29) is 11.9 Å². The van der Waals surface area contributed by atoms with E-state index in [0.29, 0.717) is 11.5 Å². The molecule has 1 unspecified atom stereocenters. The number of methoxy groups -OCH3 is 2. The summed E-state index contributed by atoms with van der Waals surface area (Å²) < 4.78 is 10.6. The van der Waals surface area contributed by atoms with E-state index < -0.39 is 0 Å². The highest BCUT2D eigenvalue weighted by atomic mass is 16.5. The lowest BCUT2D eigenvalue weighted by Crippen LogP contribution is -2.47. The van der Waals surface area contributed by atoms with E-state index in [1.165, 1.54) is 0 Å². The highest BCUT2D eigenvalue weighted by Gasteiger charge is 2.30. The average molecular weight is 381 g/mol. The van der Waals surface area contributed by atoms with Crippen LogP contribution in [0.25, 0.3) is 0 Å². The van der Waals surface area contributed by atoms with E-state index in [0.717, 1.165) is 37.1 Å². The molecule has 1 saturated heterocycles. The summed E-state index contributed by atoms with van der Waals surface area (Å²) in [5, 5.41) is 6.53. The molecule has 0 radical (unpaired) electrons. The molecule has 6 nitrogen and oxygen atoms in total. The smallest absolute Gasteiger partial charge is 0.251 e. The summed E-state index contributed by atoms with van der Waals surface area (Å²) in [5.41, 5.74) is 1.78. The molecule has 2 aromatic rings. The Kier molecular flexibility index (Phi) is 6.53. The van der Waals surface area contributed by atoms with Gasteiger partial charge in [0.15, 0.2) is 11.5 Å². The van der Waals surface area contributed by atoms with Gasteiger partial charge in [-0.15, -0.1) is 0 Å². The number of para-hydroxylation sites is 1. The number of carbonyl (C=O) groups is 1. The van der Waals surface area contributed by atoms with Gasteiger partial charge in [-0.25, -0.2) is 0 Å². The monoisotopic (exact) mass is 381 g/mol. The van der Waals surface area contributed by atoms with Crippen molar-refractivity contribution in [2.45, 2.75) is 25.3 Å². The van der Waals surface area contributed by atoms with E-state index in [1.54, 1.807) is 25.3 Å². The van der Waals surface area contributed by atoms with E-state index in [1.807, 2.05) is 60.6 Å². The molecule has 148 valence electrons. The molecule has 0 aliphatic carbocycles. The van der Waals surface area contributed by atoms with Crippen LogP contribution >= 0.6 is 0 Å². The zero-order valence-corrected chi connectivity index (χ0v) is 16.7. The zero-order valence-electron chi connectivity index (χ0n) is 16.7. The third-order valence-electron chi connectivity index (χ3n) is 5.00. The summed E-state index contributed by atoms with van der Waals surface area (Å²) in [5.74, 6) is 1.40. The first-order valence-corrected chi connectivity index (χ1v) is 9.49. The van der Waals surface area contributed by atoms with Gasteiger partial charge < -0.3 is 14.4 Å². The fourth-order valence-electron chi connectivity index (χ4n) is 3.38. The van der Waals surface area contributed by atoms with Gasteiger partial charge in [-0.2, -0.15) is 5.10 Å². The average Bonchev–Trinajstić information content (AvgIpc) is 2.77. The van der Waals surface area contributed by atoms with Crippen LogP contribution in [0.1, 0.15) is 24.8 Å². The van der Waals surface area contributed by atoms with Crippen LogP contribution < -0.4 is 14.4 Å². The summed E-state index contributed by atoms with van der Waals surface area (Å²) in [6.45, 7) is 0.767. The number of carbonyl (C=O) groups excluding carboxylic acids is 1. The molecule has 2 aromatic carbocycles. The summed E-state index contributed by atoms with van der Waals surface area (Å²) in [6.07, 6.45) is 4.64. The standard InChI is InChI=1S/C22H27N3O3/c1-24(18-9-5-4-6-10-18)22(26)19-11-7-8-14-25(19)23-16-17-12-13-20(27-2)21(15-17)28-3/h4-6,9-10,12-13,15-16,19H,7-8,11,14H2,1-3H3/b23-16+. The zero-order chi connectivity index (χ0) is 19.9. The number of hydrogen-bond acceptors (Lipinski definition) is 5. The summed E-state index contributed by atoms with van der Waals surface area (Å²) in [4.78, 5) is 14.8. The molecule has 0 N–H and O–H groups in total. The fraction of sp³-hybridized carbons (Fsp3) is 0.364. The molecular formula is C22H27N3O3. The van der Waals surface area contributed by atoms with Crippen LogP contribution in [-0.4, -0.2) is 51.0 Å². The summed E-state index contributed by atoms with van der Waals surface area (Å²) in [7, 11) is 5.04. The highest BCUT2D eigenvalue weighted by Crippen LogP contribution is 2.27. The Hall–Kier alpha value is -3.02. The van der Waals surface area contributed by atoms with Crippen molar-refractivity contribution in [2.75, 3.05) is 32.7 Å². The molecule has 1 amide bonds. The number of piperidine rings is 1. The van der Waals surface area contributed by atoms with Crippen LogP contribution in [0.2, 0.25) is 0 Å². The lowest BCUT2D eigenvalue weighted by atomic mass is 10.0. The topological polar surface area (TPSA) is 54.4 Å². The minimum absolute atomic E-state index is 0.0651. The highest BCUT2D eigenvalue weighted by molar-refractivity contribution is 5.96. The van der Waals surface area contributed by atoms with Crippen molar-refractivity contribution in [1.82, 2.24) is 5.01 Å². The number of hydrazone groups is 1. The lowest BCUT2D eigenvalue weighted by Gasteiger charge is -2.34. The predicted molar refractivity (Wildman–Crippen MR) is 111 cm³/mol. The molecule has 6 heteroatoms. The molecule has 0 spiro atoms. The summed E-state index contributed by atoms with van der Waals surface area (Å²) in [6, 6.07) is 15.1. The van der Waals surface area contributed by atoms with Crippen LogP contribution in [-0.2, 0) is 4.79 Å². The second-order valence-electron chi connectivity index (χ2n) is 6.77. The van der Waals surface area contributed by atoms with Gasteiger partial charge in [-0.05, 0) is 55.2 Å². The minimum Gasteiger partial charge on any atom is -0.493 e. The van der Waals surface area contributed by atoms with E-state index in [4.69, 9.17) is 9.47 Å². The quantitative estimate of drug-likeness (QED) is 0.718. The maximum atomic E-state index is 13.1. The van der Waals surface area contributed by atoms with E-state index in [9.17, 15) is 4.79 Å². The SMILES string of the molecule is COc1ccc(/C=N/N2CCCCC2C(=O)N(C)c2ccccc2)cc1OC. The second kappa shape index (κ2) is 9.26. The maximum absolute atomic E-state index is 13.1. The number of rotatable bonds is 6. The third-order valence-corrected chi connectivity index (χ3v) is 5.00. The number of nitrogens with zero attached hydrogens (tertiary/aromatic N) is 3. The van der Waals surface area contributed by atoms with Crippen molar-refractivity contribution in [1.29, 1.82) is 0 Å². The first kappa shape index (κ1) is 19.7. The van der Waals surface area contributed by atoms with Crippen LogP contribution in [0.3, 0.4) is 0 Å². The van der Waals surface area contributed by atoms with Crippen molar-refractivity contribution in [3.8, 4) is 11.5 Å². The Morgan fingerprint density at radius 2 is 1.86 bits per heavy atom. The van der Waals surface area contributed by atoms with Crippen molar-refractivity contribution in [2.24, 2.45) is 5.10 Å². The van der Waals surface area contributed by atoms with Gasteiger partial charge in [0.2, 0.25) is 0 Å². The second-order valence-corrected chi connectivity index (χ2v) is 6.77. The Balaban J connectivity index is 1.76.